The molecule has 0 saturated heterocycles. The molecule has 0 aliphatic carbocycles. The summed E-state index contributed by atoms with van der Waals surface area (Å²) < 4.78 is 17.4. The minimum Gasteiger partial charge on any atom is -0.469 e. The van der Waals surface area contributed by atoms with E-state index in [1.807, 2.05) is 24.3 Å². The van der Waals surface area contributed by atoms with Crippen LogP contribution in [0.4, 0.5) is 0 Å². The predicted octanol–water partition coefficient (Wildman–Crippen LogP) is 2.51. The van der Waals surface area contributed by atoms with Crippen LogP contribution >= 0.6 is 15.9 Å². The van der Waals surface area contributed by atoms with Crippen LogP contribution in [0.3, 0.4) is 0 Å². The number of esters is 1. The van der Waals surface area contributed by atoms with Crippen LogP contribution < -0.4 is 0 Å². The Balaban J connectivity index is 2.53. The first-order chi connectivity index (χ1) is 8.02. The first kappa shape index (κ1) is 14.4. The van der Waals surface area contributed by atoms with Gasteiger partial charge in [-0.1, -0.05) is 35.0 Å². The monoisotopic (exact) mass is 318 g/mol. The van der Waals surface area contributed by atoms with Crippen molar-refractivity contribution < 1.29 is 13.7 Å². The number of methoxy groups -OCH3 is 1. The highest BCUT2D eigenvalue weighted by molar-refractivity contribution is 9.10. The average Bonchev–Trinajstić information content (AvgIpc) is 2.27. The molecule has 2 unspecified atom stereocenters. The molecule has 17 heavy (non-hydrogen) atoms. The summed E-state index contributed by atoms with van der Waals surface area (Å²) in [6.07, 6.45) is 0. The third kappa shape index (κ3) is 5.00. The molecule has 0 radical (unpaired) electrons. The van der Waals surface area contributed by atoms with E-state index in [0.717, 1.165) is 10.0 Å². The zero-order valence-corrected chi connectivity index (χ0v) is 12.2. The fourth-order valence-electron chi connectivity index (χ4n) is 1.42. The average molecular weight is 319 g/mol. The Morgan fingerprint density at radius 3 is 2.82 bits per heavy atom. The van der Waals surface area contributed by atoms with E-state index in [4.69, 9.17) is 0 Å². The van der Waals surface area contributed by atoms with E-state index in [-0.39, 0.29) is 11.9 Å². The largest absolute Gasteiger partial charge is 0.469 e. The number of carbonyl (C=O) groups is 1. The fourth-order valence-corrected chi connectivity index (χ4v) is 3.23. The van der Waals surface area contributed by atoms with Crippen molar-refractivity contribution >= 4 is 32.7 Å². The third-order valence-electron chi connectivity index (χ3n) is 2.26. The minimum atomic E-state index is -1.05. The van der Waals surface area contributed by atoms with Crippen LogP contribution in [0.1, 0.15) is 12.5 Å². The lowest BCUT2D eigenvalue weighted by atomic mass is 10.2. The molecule has 1 aromatic carbocycles. The maximum Gasteiger partial charge on any atom is 0.309 e. The molecule has 0 saturated carbocycles. The number of benzene rings is 1. The van der Waals surface area contributed by atoms with Gasteiger partial charge in [-0.15, -0.1) is 0 Å². The summed E-state index contributed by atoms with van der Waals surface area (Å²) in [7, 11) is 0.290. The van der Waals surface area contributed by atoms with Crippen LogP contribution in [-0.2, 0) is 26.1 Å². The van der Waals surface area contributed by atoms with Gasteiger partial charge < -0.3 is 4.74 Å². The van der Waals surface area contributed by atoms with Crippen molar-refractivity contribution in [1.29, 1.82) is 0 Å². The Morgan fingerprint density at radius 2 is 2.24 bits per heavy atom. The van der Waals surface area contributed by atoms with Crippen LogP contribution in [0.25, 0.3) is 0 Å². The van der Waals surface area contributed by atoms with Gasteiger partial charge in [0.25, 0.3) is 0 Å². The number of halogens is 1. The summed E-state index contributed by atoms with van der Waals surface area (Å²) in [5, 5.41) is 0. The maximum absolute atomic E-state index is 11.8. The third-order valence-corrected chi connectivity index (χ3v) is 4.28. The van der Waals surface area contributed by atoms with Crippen molar-refractivity contribution in [2.75, 3.05) is 12.9 Å². The second-order valence-electron chi connectivity index (χ2n) is 3.80. The van der Waals surface area contributed by atoms with E-state index < -0.39 is 10.8 Å². The first-order valence-corrected chi connectivity index (χ1v) is 7.48. The van der Waals surface area contributed by atoms with E-state index >= 15 is 0 Å². The Bertz CT molecular complexity index is 420. The minimum absolute atomic E-state index is 0.312. The first-order valence-electron chi connectivity index (χ1n) is 5.20. The summed E-state index contributed by atoms with van der Waals surface area (Å²) in [5.74, 6) is 0.153. The van der Waals surface area contributed by atoms with Gasteiger partial charge in [0.05, 0.1) is 13.0 Å². The summed E-state index contributed by atoms with van der Waals surface area (Å²) in [6.45, 7) is 1.73. The standard InChI is InChI=1S/C12H15BrO3S/c1-9(12(14)16-2)7-17(15)8-10-4-3-5-11(13)6-10/h3-6,9H,7-8H2,1-2H3. The molecule has 0 bridgehead atoms. The summed E-state index contributed by atoms with van der Waals surface area (Å²) in [5.41, 5.74) is 0.995. The van der Waals surface area contributed by atoms with Crippen LogP contribution in [0.5, 0.6) is 0 Å². The van der Waals surface area contributed by atoms with Gasteiger partial charge in [0.15, 0.2) is 0 Å². The molecule has 0 aliphatic rings. The van der Waals surface area contributed by atoms with Gasteiger partial charge in [-0.05, 0) is 17.7 Å². The van der Waals surface area contributed by atoms with Gasteiger partial charge in [-0.2, -0.15) is 0 Å². The Hall–Kier alpha value is -0.680. The maximum atomic E-state index is 11.8. The molecule has 1 aromatic rings. The Labute approximate surface area is 112 Å². The highest BCUT2D eigenvalue weighted by Crippen LogP contribution is 2.14. The molecule has 0 heterocycles. The van der Waals surface area contributed by atoms with Crippen LogP contribution in [0.15, 0.2) is 28.7 Å². The molecule has 0 aliphatic heterocycles. The quantitative estimate of drug-likeness (QED) is 0.783. The highest BCUT2D eigenvalue weighted by Gasteiger charge is 2.16. The lowest BCUT2D eigenvalue weighted by Crippen LogP contribution is -2.20. The van der Waals surface area contributed by atoms with E-state index in [1.165, 1.54) is 7.11 Å². The number of ether oxygens (including phenoxy) is 1. The van der Waals surface area contributed by atoms with Crippen molar-refractivity contribution in [2.45, 2.75) is 12.7 Å². The zero-order valence-electron chi connectivity index (χ0n) is 9.81. The number of hydrogen-bond acceptors (Lipinski definition) is 3. The lowest BCUT2D eigenvalue weighted by molar-refractivity contribution is -0.144. The van der Waals surface area contributed by atoms with Crippen LogP contribution in [-0.4, -0.2) is 23.0 Å². The molecule has 1 rings (SSSR count). The van der Waals surface area contributed by atoms with E-state index in [0.29, 0.717) is 11.5 Å². The normalized spacial score (nSPS) is 14.1. The molecule has 0 amide bonds. The van der Waals surface area contributed by atoms with Crippen molar-refractivity contribution in [1.82, 2.24) is 0 Å². The second kappa shape index (κ2) is 6.91. The molecule has 0 spiro atoms. The lowest BCUT2D eigenvalue weighted by Gasteiger charge is -2.08. The van der Waals surface area contributed by atoms with Crippen molar-refractivity contribution in [3.8, 4) is 0 Å². The Kier molecular flexibility index (Phi) is 5.85. The van der Waals surface area contributed by atoms with Gasteiger partial charge in [0.2, 0.25) is 0 Å². The molecular weight excluding hydrogens is 304 g/mol. The molecule has 0 N–H and O–H groups in total. The van der Waals surface area contributed by atoms with Crippen molar-refractivity contribution in [3.63, 3.8) is 0 Å². The molecule has 5 heteroatoms. The number of hydrogen-bond donors (Lipinski definition) is 0. The highest BCUT2D eigenvalue weighted by atomic mass is 79.9. The Morgan fingerprint density at radius 1 is 1.53 bits per heavy atom. The van der Waals surface area contributed by atoms with Crippen LogP contribution in [0.2, 0.25) is 0 Å². The van der Waals surface area contributed by atoms with Gasteiger partial charge >= 0.3 is 5.97 Å². The molecular formula is C12H15BrO3S. The van der Waals surface area contributed by atoms with Crippen molar-refractivity contribution in [3.05, 3.63) is 34.3 Å². The smallest absolute Gasteiger partial charge is 0.309 e. The summed E-state index contributed by atoms with van der Waals surface area (Å²) >= 11 is 3.36. The van der Waals surface area contributed by atoms with Crippen molar-refractivity contribution in [2.24, 2.45) is 5.92 Å². The van der Waals surface area contributed by atoms with E-state index in [1.54, 1.807) is 6.92 Å². The molecule has 0 fully saturated rings. The van der Waals surface area contributed by atoms with Gasteiger partial charge in [0, 0.05) is 26.8 Å². The summed E-state index contributed by atoms with van der Waals surface area (Å²) in [6, 6.07) is 7.68. The van der Waals surface area contributed by atoms with Gasteiger partial charge in [-0.25, -0.2) is 0 Å². The van der Waals surface area contributed by atoms with Gasteiger partial charge in [0.1, 0.15) is 0 Å². The fraction of sp³-hybridized carbons (Fsp3) is 0.417. The van der Waals surface area contributed by atoms with E-state index in [2.05, 4.69) is 20.7 Å². The van der Waals surface area contributed by atoms with E-state index in [9.17, 15) is 9.00 Å². The topological polar surface area (TPSA) is 43.4 Å². The molecule has 2 atom stereocenters. The molecule has 3 nitrogen and oxygen atoms in total. The number of carbonyl (C=O) groups excluding carboxylic acids is 1. The SMILES string of the molecule is COC(=O)C(C)CS(=O)Cc1cccc(Br)c1. The van der Waals surface area contributed by atoms with Crippen LogP contribution in [0, 0.1) is 5.92 Å². The zero-order chi connectivity index (χ0) is 12.8. The summed E-state index contributed by atoms with van der Waals surface area (Å²) in [4.78, 5) is 11.2. The molecule has 94 valence electrons. The predicted molar refractivity (Wildman–Crippen MR) is 72.0 cm³/mol. The molecule has 0 aromatic heterocycles. The van der Waals surface area contributed by atoms with Gasteiger partial charge in [-0.3, -0.25) is 9.00 Å². The number of rotatable bonds is 5. The second-order valence-corrected chi connectivity index (χ2v) is 6.22.